The molecular weight excluding hydrogens is 380 g/mol. The van der Waals surface area contributed by atoms with E-state index in [9.17, 15) is 13.2 Å². The molecule has 1 amide bonds. The van der Waals surface area contributed by atoms with Crippen LogP contribution in [0.5, 0.6) is 0 Å². The first-order valence-corrected chi connectivity index (χ1v) is 11.1. The molecule has 0 heterocycles. The Labute approximate surface area is 166 Å². The van der Waals surface area contributed by atoms with E-state index in [4.69, 9.17) is 0 Å². The van der Waals surface area contributed by atoms with Crippen LogP contribution in [0.2, 0.25) is 0 Å². The van der Waals surface area contributed by atoms with Crippen LogP contribution in [0.15, 0.2) is 52.3 Å². The number of carbonyl (C=O) groups excluding carboxylic acids is 1. The fourth-order valence-corrected chi connectivity index (χ4v) is 4.17. The molecule has 2 N–H and O–H groups in total. The van der Waals surface area contributed by atoms with Crippen molar-refractivity contribution in [2.75, 3.05) is 18.1 Å². The van der Waals surface area contributed by atoms with Crippen molar-refractivity contribution in [2.45, 2.75) is 42.9 Å². The Kier molecular flexibility index (Phi) is 6.72. The molecule has 27 heavy (non-hydrogen) atoms. The van der Waals surface area contributed by atoms with Gasteiger partial charge in [0.15, 0.2) is 0 Å². The predicted molar refractivity (Wildman–Crippen MR) is 112 cm³/mol. The molecule has 0 bridgehead atoms. The summed E-state index contributed by atoms with van der Waals surface area (Å²) in [4.78, 5) is 13.4. The summed E-state index contributed by atoms with van der Waals surface area (Å²) >= 11 is 1.44. The number of rotatable bonds is 6. The largest absolute Gasteiger partial charge is 0.325 e. The lowest BCUT2D eigenvalue weighted by atomic mass is 9.87. The fourth-order valence-electron chi connectivity index (χ4n) is 2.47. The summed E-state index contributed by atoms with van der Waals surface area (Å²) in [5.41, 5.74) is 2.42. The van der Waals surface area contributed by atoms with Gasteiger partial charge in [0, 0.05) is 10.6 Å². The first-order chi connectivity index (χ1) is 12.5. The van der Waals surface area contributed by atoms with E-state index < -0.39 is 10.0 Å². The average Bonchev–Trinajstić information content (AvgIpc) is 2.61. The highest BCUT2D eigenvalue weighted by atomic mass is 32.2. The molecule has 7 heteroatoms. The van der Waals surface area contributed by atoms with Crippen LogP contribution in [0.25, 0.3) is 0 Å². The van der Waals surface area contributed by atoms with Crippen molar-refractivity contribution in [3.63, 3.8) is 0 Å². The molecule has 0 fully saturated rings. The zero-order valence-electron chi connectivity index (χ0n) is 16.3. The summed E-state index contributed by atoms with van der Waals surface area (Å²) in [5, 5.41) is 2.76. The van der Waals surface area contributed by atoms with E-state index in [1.807, 2.05) is 12.1 Å². The number of anilines is 1. The van der Waals surface area contributed by atoms with Gasteiger partial charge in [-0.15, -0.1) is 11.8 Å². The number of hydrogen-bond donors (Lipinski definition) is 2. The molecule has 0 atom stereocenters. The maximum atomic E-state index is 12.2. The van der Waals surface area contributed by atoms with Crippen LogP contribution in [-0.2, 0) is 20.2 Å². The van der Waals surface area contributed by atoms with E-state index in [0.29, 0.717) is 11.3 Å². The summed E-state index contributed by atoms with van der Waals surface area (Å²) in [5.74, 6) is 0.0631. The molecule has 0 aliphatic carbocycles. The fraction of sp³-hybridized carbons (Fsp3) is 0.350. The van der Waals surface area contributed by atoms with Crippen LogP contribution in [-0.4, -0.2) is 27.1 Å². The Morgan fingerprint density at radius 1 is 1.07 bits per heavy atom. The van der Waals surface area contributed by atoms with Crippen LogP contribution in [0, 0.1) is 6.92 Å². The van der Waals surface area contributed by atoms with Crippen LogP contribution in [0.1, 0.15) is 31.9 Å². The Bertz CT molecular complexity index is 915. The van der Waals surface area contributed by atoms with E-state index in [0.717, 1.165) is 4.90 Å². The van der Waals surface area contributed by atoms with Crippen molar-refractivity contribution >= 4 is 33.4 Å². The number of sulfonamides is 1. The number of hydrogen-bond acceptors (Lipinski definition) is 4. The molecule has 0 aliphatic heterocycles. The third-order valence-electron chi connectivity index (χ3n) is 4.12. The van der Waals surface area contributed by atoms with Gasteiger partial charge in [-0.25, -0.2) is 13.1 Å². The van der Waals surface area contributed by atoms with Gasteiger partial charge in [0.25, 0.3) is 0 Å². The Morgan fingerprint density at radius 2 is 1.70 bits per heavy atom. The van der Waals surface area contributed by atoms with Crippen molar-refractivity contribution in [1.82, 2.24) is 4.72 Å². The SMILES string of the molecule is CNS(=O)(=O)c1cc(NC(=O)CSc2ccc(C(C)(C)C)cc2)ccc1C. The molecule has 2 aromatic carbocycles. The number of nitrogens with one attached hydrogen (secondary N) is 2. The smallest absolute Gasteiger partial charge is 0.240 e. The van der Waals surface area contributed by atoms with Crippen LogP contribution in [0.4, 0.5) is 5.69 Å². The second-order valence-corrected chi connectivity index (χ2v) is 10.2. The topological polar surface area (TPSA) is 75.3 Å². The van der Waals surface area contributed by atoms with Crippen molar-refractivity contribution in [1.29, 1.82) is 0 Å². The Balaban J connectivity index is 2.01. The molecule has 0 unspecified atom stereocenters. The first-order valence-electron chi connectivity index (χ1n) is 8.60. The van der Waals surface area contributed by atoms with Gasteiger partial charge >= 0.3 is 0 Å². The molecule has 2 rings (SSSR count). The van der Waals surface area contributed by atoms with Crippen molar-refractivity contribution < 1.29 is 13.2 Å². The molecule has 0 spiro atoms. The highest BCUT2D eigenvalue weighted by Gasteiger charge is 2.16. The zero-order chi connectivity index (χ0) is 20.2. The minimum atomic E-state index is -3.57. The molecule has 0 aromatic heterocycles. The molecule has 0 saturated heterocycles. The first kappa shape index (κ1) is 21.5. The standard InChI is InChI=1S/C20H26N2O3S2/c1-14-6-9-16(12-18(14)27(24,25)21-5)22-19(23)13-26-17-10-7-15(8-11-17)20(2,3)4/h6-12,21H,13H2,1-5H3,(H,22,23). The zero-order valence-corrected chi connectivity index (χ0v) is 17.9. The molecule has 2 aromatic rings. The van der Waals surface area contributed by atoms with Crippen LogP contribution in [0.3, 0.4) is 0 Å². The third-order valence-corrected chi connectivity index (χ3v) is 6.69. The Morgan fingerprint density at radius 3 is 2.26 bits per heavy atom. The van der Waals surface area contributed by atoms with Crippen LogP contribution >= 0.6 is 11.8 Å². The van der Waals surface area contributed by atoms with E-state index in [1.54, 1.807) is 19.1 Å². The molecule has 146 valence electrons. The maximum absolute atomic E-state index is 12.2. The number of thioether (sulfide) groups is 1. The van der Waals surface area contributed by atoms with Gasteiger partial charge in [-0.2, -0.15) is 0 Å². The quantitative estimate of drug-likeness (QED) is 0.713. The highest BCUT2D eigenvalue weighted by molar-refractivity contribution is 8.00. The van der Waals surface area contributed by atoms with E-state index in [1.165, 1.54) is 30.4 Å². The summed E-state index contributed by atoms with van der Waals surface area (Å²) in [6, 6.07) is 13.0. The molecular formula is C20H26N2O3S2. The predicted octanol–water partition coefficient (Wildman–Crippen LogP) is 3.93. The lowest BCUT2D eigenvalue weighted by Crippen LogP contribution is -2.20. The minimum Gasteiger partial charge on any atom is -0.325 e. The van der Waals surface area contributed by atoms with Gasteiger partial charge in [-0.05, 0) is 54.8 Å². The van der Waals surface area contributed by atoms with Gasteiger partial charge in [0.2, 0.25) is 15.9 Å². The lowest BCUT2D eigenvalue weighted by Gasteiger charge is -2.19. The maximum Gasteiger partial charge on any atom is 0.240 e. The van der Waals surface area contributed by atoms with Gasteiger partial charge in [-0.1, -0.05) is 39.0 Å². The number of carbonyl (C=O) groups is 1. The second-order valence-electron chi connectivity index (χ2n) is 7.30. The molecule has 5 nitrogen and oxygen atoms in total. The van der Waals surface area contributed by atoms with Gasteiger partial charge < -0.3 is 5.32 Å². The number of aryl methyl sites for hydroxylation is 1. The average molecular weight is 407 g/mol. The summed E-state index contributed by atoms with van der Waals surface area (Å²) in [7, 11) is -2.20. The molecule has 0 aliphatic rings. The second kappa shape index (κ2) is 8.46. The third kappa shape index (κ3) is 5.82. The Hall–Kier alpha value is -1.83. The van der Waals surface area contributed by atoms with E-state index >= 15 is 0 Å². The van der Waals surface area contributed by atoms with Gasteiger partial charge in [-0.3, -0.25) is 4.79 Å². The normalized spacial score (nSPS) is 12.0. The van der Waals surface area contributed by atoms with E-state index in [2.05, 4.69) is 42.9 Å². The minimum absolute atomic E-state index is 0.0946. The summed E-state index contributed by atoms with van der Waals surface area (Å²) in [6.07, 6.45) is 0. The van der Waals surface area contributed by atoms with Crippen LogP contribution < -0.4 is 10.0 Å². The lowest BCUT2D eigenvalue weighted by molar-refractivity contribution is -0.113. The summed E-state index contributed by atoms with van der Waals surface area (Å²) < 4.78 is 26.4. The molecule has 0 saturated carbocycles. The van der Waals surface area contributed by atoms with Gasteiger partial charge in [0.1, 0.15) is 0 Å². The monoisotopic (exact) mass is 406 g/mol. The van der Waals surface area contributed by atoms with Crippen molar-refractivity contribution in [3.05, 3.63) is 53.6 Å². The van der Waals surface area contributed by atoms with Crippen molar-refractivity contribution in [2.24, 2.45) is 0 Å². The number of benzene rings is 2. The summed E-state index contributed by atoms with van der Waals surface area (Å²) in [6.45, 7) is 8.19. The van der Waals surface area contributed by atoms with Crippen molar-refractivity contribution in [3.8, 4) is 0 Å². The van der Waals surface area contributed by atoms with Gasteiger partial charge in [0.05, 0.1) is 10.6 Å². The highest BCUT2D eigenvalue weighted by Crippen LogP contribution is 2.26. The van der Waals surface area contributed by atoms with E-state index in [-0.39, 0.29) is 22.0 Å². The number of amides is 1. The molecule has 0 radical (unpaired) electrons.